The Hall–Kier alpha value is -0.845. The molecule has 1 aliphatic rings. The molecule has 2 aromatic heterocycles. The number of fused-ring (bicyclic) bond motifs is 1. The van der Waals surface area contributed by atoms with Crippen LogP contribution in [0.25, 0.3) is 11.0 Å². The highest BCUT2D eigenvalue weighted by molar-refractivity contribution is 9.10. The van der Waals surface area contributed by atoms with Gasteiger partial charge in [0.1, 0.15) is 10.3 Å². The van der Waals surface area contributed by atoms with Gasteiger partial charge in [0, 0.05) is 11.0 Å². The molecule has 100 valence electrons. The number of aromatic nitrogens is 2. The summed E-state index contributed by atoms with van der Waals surface area (Å²) in [5.41, 5.74) is 1.07. The average molecular weight is 323 g/mol. The summed E-state index contributed by atoms with van der Waals surface area (Å²) in [5.74, 6) is 0. The first kappa shape index (κ1) is 13.2. The Morgan fingerprint density at radius 3 is 2.42 bits per heavy atom. The Kier molecular flexibility index (Phi) is 2.82. The molecule has 1 fully saturated rings. The Bertz CT molecular complexity index is 623. The first-order valence-corrected chi connectivity index (χ1v) is 7.09. The van der Waals surface area contributed by atoms with Gasteiger partial charge in [-0.05, 0) is 61.8 Å². The van der Waals surface area contributed by atoms with Crippen LogP contribution in [0.15, 0.2) is 22.8 Å². The Balaban J connectivity index is 1.98. The summed E-state index contributed by atoms with van der Waals surface area (Å²) < 4.78 is 12.8. The number of H-pyrrole nitrogens is 1. The Morgan fingerprint density at radius 1 is 1.16 bits per heavy atom. The molecular weight excluding hydrogens is 307 g/mol. The van der Waals surface area contributed by atoms with Crippen molar-refractivity contribution in [1.29, 1.82) is 0 Å². The van der Waals surface area contributed by atoms with Gasteiger partial charge >= 0.3 is 7.12 Å². The molecule has 0 saturated carbocycles. The lowest BCUT2D eigenvalue weighted by molar-refractivity contribution is 0.00578. The smallest absolute Gasteiger partial charge is 0.398 e. The third-order valence-electron chi connectivity index (χ3n) is 3.97. The first-order valence-electron chi connectivity index (χ1n) is 6.29. The van der Waals surface area contributed by atoms with Crippen molar-refractivity contribution in [2.45, 2.75) is 38.9 Å². The molecule has 3 heterocycles. The molecule has 1 saturated heterocycles. The van der Waals surface area contributed by atoms with E-state index in [2.05, 4.69) is 25.9 Å². The van der Waals surface area contributed by atoms with Crippen molar-refractivity contribution < 1.29 is 9.31 Å². The van der Waals surface area contributed by atoms with E-state index in [9.17, 15) is 0 Å². The highest BCUT2D eigenvalue weighted by Crippen LogP contribution is 2.36. The maximum atomic E-state index is 6.02. The normalized spacial score (nSPS) is 21.2. The fourth-order valence-electron chi connectivity index (χ4n) is 2.10. The molecule has 0 aliphatic carbocycles. The number of nitrogens with zero attached hydrogens (tertiary/aromatic N) is 1. The summed E-state index contributed by atoms with van der Waals surface area (Å²) >= 11 is 3.37. The van der Waals surface area contributed by atoms with E-state index in [1.54, 1.807) is 0 Å². The van der Waals surface area contributed by atoms with E-state index in [1.807, 2.05) is 45.9 Å². The molecule has 0 radical (unpaired) electrons. The Labute approximate surface area is 121 Å². The summed E-state index contributed by atoms with van der Waals surface area (Å²) in [7, 11) is -0.377. The lowest BCUT2D eigenvalue weighted by atomic mass is 9.85. The van der Waals surface area contributed by atoms with E-state index >= 15 is 0 Å². The van der Waals surface area contributed by atoms with Gasteiger partial charge in [0.05, 0.1) is 11.2 Å². The molecule has 1 aliphatic heterocycles. The van der Waals surface area contributed by atoms with Gasteiger partial charge in [0.15, 0.2) is 0 Å². The van der Waals surface area contributed by atoms with Crippen molar-refractivity contribution >= 4 is 39.7 Å². The van der Waals surface area contributed by atoms with Crippen molar-refractivity contribution in [3.63, 3.8) is 0 Å². The third-order valence-corrected chi connectivity index (χ3v) is 4.42. The predicted octanol–water partition coefficient (Wildman–Crippen LogP) is 2.62. The van der Waals surface area contributed by atoms with Crippen LogP contribution in [-0.4, -0.2) is 28.3 Å². The molecule has 4 nitrogen and oxygen atoms in total. The molecule has 19 heavy (non-hydrogen) atoms. The van der Waals surface area contributed by atoms with Crippen LogP contribution in [0.1, 0.15) is 27.7 Å². The summed E-state index contributed by atoms with van der Waals surface area (Å²) in [4.78, 5) is 7.65. The van der Waals surface area contributed by atoms with Crippen LogP contribution in [0.2, 0.25) is 0 Å². The first-order chi connectivity index (χ1) is 8.78. The largest absolute Gasteiger partial charge is 0.512 e. The van der Waals surface area contributed by atoms with Crippen molar-refractivity contribution in [2.24, 2.45) is 0 Å². The number of nitrogens with one attached hydrogen (secondary N) is 1. The van der Waals surface area contributed by atoms with Crippen molar-refractivity contribution in [3.05, 3.63) is 22.8 Å². The predicted molar refractivity (Wildman–Crippen MR) is 79.5 cm³/mol. The highest BCUT2D eigenvalue weighted by atomic mass is 79.9. The van der Waals surface area contributed by atoms with Crippen LogP contribution in [-0.2, 0) is 9.31 Å². The molecule has 1 N–H and O–H groups in total. The second kappa shape index (κ2) is 4.07. The van der Waals surface area contributed by atoms with E-state index < -0.39 is 0 Å². The maximum Gasteiger partial charge on any atom is 0.512 e. The van der Waals surface area contributed by atoms with Crippen LogP contribution < -0.4 is 5.59 Å². The molecule has 0 aromatic carbocycles. The lowest BCUT2D eigenvalue weighted by Gasteiger charge is -2.32. The monoisotopic (exact) mass is 322 g/mol. The summed E-state index contributed by atoms with van der Waals surface area (Å²) in [6, 6.07) is 5.96. The zero-order valence-electron chi connectivity index (χ0n) is 11.5. The minimum Gasteiger partial charge on any atom is -0.398 e. The molecule has 0 bridgehead atoms. The second-order valence-electron chi connectivity index (χ2n) is 5.88. The van der Waals surface area contributed by atoms with Gasteiger partial charge in [-0.15, -0.1) is 0 Å². The zero-order chi connectivity index (χ0) is 13.8. The van der Waals surface area contributed by atoms with Gasteiger partial charge in [-0.2, -0.15) is 0 Å². The number of rotatable bonds is 1. The number of hydrogen-bond donors (Lipinski definition) is 1. The maximum absolute atomic E-state index is 6.02. The molecular formula is C13H16BBrN2O2. The van der Waals surface area contributed by atoms with E-state index in [4.69, 9.17) is 9.31 Å². The minimum absolute atomic E-state index is 0.330. The number of halogens is 1. The van der Waals surface area contributed by atoms with Gasteiger partial charge in [-0.1, -0.05) is 0 Å². The standard InChI is InChI=1S/C13H16BBrN2O2/c1-12(2)13(3,4)19-14(18-12)9-7-8-5-6-10(15)17-11(8)16-9/h5-7H,1-4H3,(H,16,17). The summed E-state index contributed by atoms with van der Waals surface area (Å²) in [5, 5.41) is 1.05. The van der Waals surface area contributed by atoms with Crippen molar-refractivity contribution in [2.75, 3.05) is 0 Å². The van der Waals surface area contributed by atoms with E-state index in [0.29, 0.717) is 0 Å². The topological polar surface area (TPSA) is 47.1 Å². The summed E-state index contributed by atoms with van der Waals surface area (Å²) in [6.45, 7) is 8.18. The van der Waals surface area contributed by atoms with E-state index in [1.165, 1.54) is 0 Å². The quantitative estimate of drug-likeness (QED) is 0.648. The lowest BCUT2D eigenvalue weighted by Crippen LogP contribution is -2.41. The minimum atomic E-state index is -0.377. The van der Waals surface area contributed by atoms with Crippen LogP contribution >= 0.6 is 15.9 Å². The number of aromatic amines is 1. The van der Waals surface area contributed by atoms with E-state index in [-0.39, 0.29) is 18.3 Å². The zero-order valence-corrected chi connectivity index (χ0v) is 13.0. The van der Waals surface area contributed by atoms with Gasteiger partial charge in [-0.3, -0.25) is 0 Å². The molecule has 0 amide bonds. The fraction of sp³-hybridized carbons (Fsp3) is 0.462. The van der Waals surface area contributed by atoms with E-state index in [0.717, 1.165) is 21.2 Å². The van der Waals surface area contributed by atoms with Crippen molar-refractivity contribution in [3.8, 4) is 0 Å². The third kappa shape index (κ3) is 2.12. The van der Waals surface area contributed by atoms with Crippen LogP contribution in [0.5, 0.6) is 0 Å². The van der Waals surface area contributed by atoms with Gasteiger partial charge < -0.3 is 14.3 Å². The average Bonchev–Trinajstić information content (AvgIpc) is 2.78. The van der Waals surface area contributed by atoms with Crippen LogP contribution in [0.4, 0.5) is 0 Å². The number of pyridine rings is 1. The molecule has 6 heteroatoms. The van der Waals surface area contributed by atoms with Crippen LogP contribution in [0.3, 0.4) is 0 Å². The second-order valence-corrected chi connectivity index (χ2v) is 6.70. The summed E-state index contributed by atoms with van der Waals surface area (Å²) in [6.07, 6.45) is 0. The van der Waals surface area contributed by atoms with Gasteiger partial charge in [-0.25, -0.2) is 4.98 Å². The number of hydrogen-bond acceptors (Lipinski definition) is 3. The van der Waals surface area contributed by atoms with Crippen LogP contribution in [0, 0.1) is 0 Å². The van der Waals surface area contributed by atoms with Crippen molar-refractivity contribution in [1.82, 2.24) is 9.97 Å². The Morgan fingerprint density at radius 2 is 1.79 bits per heavy atom. The van der Waals surface area contributed by atoms with Gasteiger partial charge in [0.2, 0.25) is 0 Å². The SMILES string of the molecule is CC1(C)OB(c2cc3ccc(Br)nc3[nH]2)OC1(C)C. The highest BCUT2D eigenvalue weighted by Gasteiger charge is 2.52. The molecule has 2 aromatic rings. The molecule has 0 atom stereocenters. The van der Waals surface area contributed by atoms with Gasteiger partial charge in [0.25, 0.3) is 0 Å². The fourth-order valence-corrected chi connectivity index (χ4v) is 2.41. The molecule has 0 spiro atoms. The molecule has 0 unspecified atom stereocenters. The molecule has 3 rings (SSSR count).